The number of aromatic nitrogens is 3. The minimum Gasteiger partial charge on any atom is -0.309 e. The van der Waals surface area contributed by atoms with Crippen molar-refractivity contribution in [3.05, 3.63) is 187 Å². The molecular weight excluding hydrogens is 685 g/mol. The van der Waals surface area contributed by atoms with E-state index < -0.39 is 0 Å². The van der Waals surface area contributed by atoms with Crippen molar-refractivity contribution in [1.29, 1.82) is 15.8 Å². The number of rotatable bonds is 5. The van der Waals surface area contributed by atoms with Gasteiger partial charge in [0.1, 0.15) is 6.07 Å². The second kappa shape index (κ2) is 13.0. The fourth-order valence-electron chi connectivity index (χ4n) is 8.07. The van der Waals surface area contributed by atoms with Crippen LogP contribution in [0.1, 0.15) is 16.7 Å². The first kappa shape index (κ1) is 32.4. The number of para-hydroxylation sites is 2. The summed E-state index contributed by atoms with van der Waals surface area (Å²) in [5.74, 6) is 0. The van der Waals surface area contributed by atoms with Crippen molar-refractivity contribution in [2.75, 3.05) is 0 Å². The first-order chi connectivity index (χ1) is 27.6. The summed E-state index contributed by atoms with van der Waals surface area (Å²) in [7, 11) is 0. The molecule has 258 valence electrons. The Bertz CT molecular complexity index is 3270. The summed E-state index contributed by atoms with van der Waals surface area (Å²) in [5, 5.41) is 34.6. The van der Waals surface area contributed by atoms with Crippen LogP contribution in [0.5, 0.6) is 0 Å². The van der Waals surface area contributed by atoms with Gasteiger partial charge in [-0.25, -0.2) is 4.98 Å². The number of benzene rings is 7. The summed E-state index contributed by atoms with van der Waals surface area (Å²) in [4.78, 5) is 5.19. The highest BCUT2D eigenvalue weighted by molar-refractivity contribution is 6.11. The van der Waals surface area contributed by atoms with E-state index in [1.165, 1.54) is 0 Å². The van der Waals surface area contributed by atoms with Gasteiger partial charge in [-0.2, -0.15) is 15.8 Å². The molecule has 0 N–H and O–H groups in total. The zero-order valence-corrected chi connectivity index (χ0v) is 29.8. The SMILES string of the molecule is N#Cc1ccc2c(c1)c1ccccc1n2-c1cc(-c2cc(-c3ccccc3)nc(-c3ccccc3)c2)c(-n2c3ccccc3c3cc(C#N)ccc32)cc1C#N. The van der Waals surface area contributed by atoms with E-state index in [0.29, 0.717) is 22.4 Å². The smallest absolute Gasteiger partial charge is 0.101 e. The zero-order valence-electron chi connectivity index (χ0n) is 29.8. The van der Waals surface area contributed by atoms with Crippen molar-refractivity contribution in [3.63, 3.8) is 0 Å². The van der Waals surface area contributed by atoms with Crippen LogP contribution in [0.2, 0.25) is 0 Å². The number of fused-ring (bicyclic) bond motifs is 6. The molecule has 0 aliphatic carbocycles. The van der Waals surface area contributed by atoms with Gasteiger partial charge in [0, 0.05) is 38.2 Å². The molecule has 3 aromatic heterocycles. The summed E-state index contributed by atoms with van der Waals surface area (Å²) < 4.78 is 4.35. The van der Waals surface area contributed by atoms with Gasteiger partial charge < -0.3 is 9.13 Å². The lowest BCUT2D eigenvalue weighted by atomic mass is 9.96. The molecule has 0 amide bonds. The van der Waals surface area contributed by atoms with E-state index in [0.717, 1.165) is 82.9 Å². The number of nitriles is 3. The first-order valence-corrected chi connectivity index (χ1v) is 18.2. The van der Waals surface area contributed by atoms with Gasteiger partial charge in [-0.05, 0) is 78.4 Å². The predicted molar refractivity (Wildman–Crippen MR) is 223 cm³/mol. The van der Waals surface area contributed by atoms with Gasteiger partial charge in [-0.1, -0.05) is 97.1 Å². The first-order valence-electron chi connectivity index (χ1n) is 18.2. The minimum absolute atomic E-state index is 0.482. The van der Waals surface area contributed by atoms with Crippen LogP contribution in [0, 0.1) is 34.0 Å². The van der Waals surface area contributed by atoms with E-state index in [2.05, 4.69) is 94.1 Å². The van der Waals surface area contributed by atoms with Gasteiger partial charge in [0.05, 0.1) is 73.7 Å². The van der Waals surface area contributed by atoms with E-state index in [1.807, 2.05) is 103 Å². The highest BCUT2D eigenvalue weighted by Gasteiger charge is 2.23. The summed E-state index contributed by atoms with van der Waals surface area (Å²) >= 11 is 0. The molecule has 0 aliphatic heterocycles. The average molecular weight is 713 g/mol. The quantitative estimate of drug-likeness (QED) is 0.177. The van der Waals surface area contributed by atoms with Gasteiger partial charge in [0.2, 0.25) is 0 Å². The molecule has 0 aliphatic rings. The normalized spacial score (nSPS) is 11.2. The molecular formula is C50H28N6. The third-order valence-electron chi connectivity index (χ3n) is 10.6. The van der Waals surface area contributed by atoms with E-state index in [-0.39, 0.29) is 0 Å². The van der Waals surface area contributed by atoms with Gasteiger partial charge in [0.15, 0.2) is 0 Å². The standard InChI is InChI=1S/C50H28N6/c51-29-32-19-21-47-41(23-32)38-15-7-9-17-45(38)55(47)49-28-40(36-25-43(34-11-3-1-4-12-34)54-44(26-36)35-13-5-2-6-14-35)50(27-37(49)31-53)56-46-18-10-8-16-39(46)42-24-33(30-52)20-22-48(42)56/h1-28H. The zero-order chi connectivity index (χ0) is 37.8. The highest BCUT2D eigenvalue weighted by atomic mass is 15.0. The molecule has 0 atom stereocenters. The average Bonchev–Trinajstić information content (AvgIpc) is 3.78. The van der Waals surface area contributed by atoms with Crippen LogP contribution in [0.3, 0.4) is 0 Å². The fraction of sp³-hybridized carbons (Fsp3) is 0. The maximum absolute atomic E-state index is 11.0. The molecule has 6 heteroatoms. The Hall–Kier alpha value is -8.24. The molecule has 3 heterocycles. The van der Waals surface area contributed by atoms with Gasteiger partial charge in [0.25, 0.3) is 0 Å². The molecule has 6 nitrogen and oxygen atoms in total. The molecule has 0 unspecified atom stereocenters. The molecule has 0 saturated carbocycles. The van der Waals surface area contributed by atoms with Crippen molar-refractivity contribution in [2.45, 2.75) is 0 Å². The maximum Gasteiger partial charge on any atom is 0.101 e. The van der Waals surface area contributed by atoms with Crippen molar-refractivity contribution in [2.24, 2.45) is 0 Å². The fourth-order valence-corrected chi connectivity index (χ4v) is 8.07. The summed E-state index contributed by atoms with van der Waals surface area (Å²) in [5.41, 5.74) is 12.3. The molecule has 10 aromatic rings. The van der Waals surface area contributed by atoms with E-state index in [4.69, 9.17) is 4.98 Å². The third-order valence-corrected chi connectivity index (χ3v) is 10.6. The van der Waals surface area contributed by atoms with Gasteiger partial charge >= 0.3 is 0 Å². The molecule has 56 heavy (non-hydrogen) atoms. The maximum atomic E-state index is 11.0. The molecule has 0 radical (unpaired) electrons. The monoisotopic (exact) mass is 712 g/mol. The number of hydrogen-bond acceptors (Lipinski definition) is 4. The van der Waals surface area contributed by atoms with Crippen LogP contribution in [0.4, 0.5) is 0 Å². The van der Waals surface area contributed by atoms with Crippen molar-refractivity contribution in [1.82, 2.24) is 14.1 Å². The Kier molecular flexibility index (Phi) is 7.53. The Morgan fingerprint density at radius 2 is 0.839 bits per heavy atom. The highest BCUT2D eigenvalue weighted by Crippen LogP contribution is 2.42. The third kappa shape index (κ3) is 5.12. The number of nitrogens with zero attached hydrogens (tertiary/aromatic N) is 6. The topological polar surface area (TPSA) is 94.1 Å². The van der Waals surface area contributed by atoms with Crippen molar-refractivity contribution >= 4 is 43.6 Å². The lowest BCUT2D eigenvalue weighted by Crippen LogP contribution is -2.04. The Morgan fingerprint density at radius 1 is 0.375 bits per heavy atom. The number of pyridine rings is 1. The summed E-state index contributed by atoms with van der Waals surface area (Å²) in [6, 6.07) is 63.7. The van der Waals surface area contributed by atoms with Crippen LogP contribution in [-0.2, 0) is 0 Å². The van der Waals surface area contributed by atoms with E-state index >= 15 is 0 Å². The summed E-state index contributed by atoms with van der Waals surface area (Å²) in [6.45, 7) is 0. The Labute approximate surface area is 322 Å². The van der Waals surface area contributed by atoms with Crippen molar-refractivity contribution < 1.29 is 0 Å². The molecule has 10 rings (SSSR count). The van der Waals surface area contributed by atoms with Gasteiger partial charge in [-0.15, -0.1) is 0 Å². The largest absolute Gasteiger partial charge is 0.309 e. The molecule has 7 aromatic carbocycles. The van der Waals surface area contributed by atoms with E-state index in [1.54, 1.807) is 0 Å². The molecule has 0 spiro atoms. The van der Waals surface area contributed by atoms with Crippen LogP contribution >= 0.6 is 0 Å². The minimum atomic E-state index is 0.482. The number of hydrogen-bond donors (Lipinski definition) is 0. The van der Waals surface area contributed by atoms with Crippen LogP contribution < -0.4 is 0 Å². The lowest BCUT2D eigenvalue weighted by molar-refractivity contribution is 1.13. The predicted octanol–water partition coefficient (Wildman–Crippen LogP) is 11.9. The lowest BCUT2D eigenvalue weighted by Gasteiger charge is -2.20. The van der Waals surface area contributed by atoms with E-state index in [9.17, 15) is 15.8 Å². The van der Waals surface area contributed by atoms with Gasteiger partial charge in [-0.3, -0.25) is 0 Å². The second-order valence-electron chi connectivity index (χ2n) is 13.7. The van der Waals surface area contributed by atoms with Crippen LogP contribution in [0.25, 0.3) is 88.6 Å². The molecule has 0 bridgehead atoms. The molecule has 0 fully saturated rings. The molecule has 0 saturated heterocycles. The Morgan fingerprint density at radius 3 is 1.34 bits per heavy atom. The summed E-state index contributed by atoms with van der Waals surface area (Å²) in [6.07, 6.45) is 0. The Balaban J connectivity index is 1.36. The second-order valence-corrected chi connectivity index (χ2v) is 13.7. The van der Waals surface area contributed by atoms with Crippen molar-refractivity contribution in [3.8, 4) is 63.2 Å². The van der Waals surface area contributed by atoms with Crippen LogP contribution in [0.15, 0.2) is 170 Å². The van der Waals surface area contributed by atoms with Crippen LogP contribution in [-0.4, -0.2) is 14.1 Å².